The van der Waals surface area contributed by atoms with Crippen LogP contribution in [-0.2, 0) is 6.54 Å². The third-order valence-electron chi connectivity index (χ3n) is 1.75. The van der Waals surface area contributed by atoms with Gasteiger partial charge < -0.3 is 15.0 Å². The number of ether oxygens (including phenoxy) is 1. The van der Waals surface area contributed by atoms with Gasteiger partial charge in [-0.2, -0.15) is 0 Å². The predicted molar refractivity (Wildman–Crippen MR) is 61.3 cm³/mol. The fourth-order valence-electron chi connectivity index (χ4n) is 1.06. The lowest BCUT2D eigenvalue weighted by Gasteiger charge is -2.08. The number of hydrogen-bond acceptors (Lipinski definition) is 6. The van der Waals surface area contributed by atoms with Crippen molar-refractivity contribution in [1.82, 2.24) is 20.4 Å². The lowest BCUT2D eigenvalue weighted by molar-refractivity contribution is 0.279. The highest BCUT2D eigenvalue weighted by atomic mass is 32.1. The van der Waals surface area contributed by atoms with E-state index in [1.165, 1.54) is 11.3 Å². The van der Waals surface area contributed by atoms with Gasteiger partial charge in [-0.25, -0.2) is 0 Å². The monoisotopic (exact) mass is 230 g/mol. The van der Waals surface area contributed by atoms with Crippen molar-refractivity contribution >= 4 is 11.3 Å². The van der Waals surface area contributed by atoms with Gasteiger partial charge in [-0.15, -0.1) is 10.2 Å². The predicted octanol–water partition coefficient (Wildman–Crippen LogP) is 0.588. The highest BCUT2D eigenvalue weighted by Crippen LogP contribution is 2.17. The Bertz CT molecular complexity index is 277. The largest absolute Gasteiger partial charge is 0.469 e. The van der Waals surface area contributed by atoms with E-state index in [4.69, 9.17) is 4.74 Å². The molecule has 1 rings (SSSR count). The van der Waals surface area contributed by atoms with Gasteiger partial charge in [0.15, 0.2) is 0 Å². The molecule has 0 aliphatic carbocycles. The van der Waals surface area contributed by atoms with E-state index in [1.807, 2.05) is 7.05 Å². The Labute approximate surface area is 94.5 Å². The van der Waals surface area contributed by atoms with Crippen LogP contribution in [0.25, 0.3) is 0 Å². The van der Waals surface area contributed by atoms with Crippen LogP contribution < -0.4 is 10.1 Å². The number of hydrogen-bond donors (Lipinski definition) is 1. The minimum Gasteiger partial charge on any atom is -0.469 e. The van der Waals surface area contributed by atoms with Crippen molar-refractivity contribution in [3.8, 4) is 5.19 Å². The Hall–Kier alpha value is -0.720. The first kappa shape index (κ1) is 12.4. The second-order valence-corrected chi connectivity index (χ2v) is 4.52. The summed E-state index contributed by atoms with van der Waals surface area (Å²) in [6.07, 6.45) is 1.01. The quantitative estimate of drug-likeness (QED) is 0.695. The van der Waals surface area contributed by atoms with Crippen LogP contribution in [0, 0.1) is 0 Å². The second kappa shape index (κ2) is 6.71. The summed E-state index contributed by atoms with van der Waals surface area (Å²) in [6.45, 7) is 2.48. The summed E-state index contributed by atoms with van der Waals surface area (Å²) in [5, 5.41) is 12.6. The topological polar surface area (TPSA) is 50.3 Å². The van der Waals surface area contributed by atoms with Gasteiger partial charge in [0.1, 0.15) is 5.01 Å². The molecular formula is C9H18N4OS. The number of aromatic nitrogens is 2. The van der Waals surface area contributed by atoms with Crippen LogP contribution in [0.3, 0.4) is 0 Å². The zero-order valence-electron chi connectivity index (χ0n) is 9.49. The van der Waals surface area contributed by atoms with Crippen molar-refractivity contribution < 1.29 is 4.74 Å². The highest BCUT2D eigenvalue weighted by molar-refractivity contribution is 7.13. The molecule has 0 radical (unpaired) electrons. The normalized spacial score (nSPS) is 10.9. The zero-order chi connectivity index (χ0) is 11.1. The molecule has 1 N–H and O–H groups in total. The molecule has 6 heteroatoms. The molecular weight excluding hydrogens is 212 g/mol. The van der Waals surface area contributed by atoms with Crippen LogP contribution in [-0.4, -0.2) is 49.4 Å². The summed E-state index contributed by atoms with van der Waals surface area (Å²) in [4.78, 5) is 2.13. The van der Waals surface area contributed by atoms with E-state index >= 15 is 0 Å². The van der Waals surface area contributed by atoms with Gasteiger partial charge >= 0.3 is 0 Å². The molecule has 0 aliphatic rings. The highest BCUT2D eigenvalue weighted by Gasteiger charge is 2.03. The Morgan fingerprint density at radius 2 is 2.20 bits per heavy atom. The van der Waals surface area contributed by atoms with Gasteiger partial charge in [0.2, 0.25) is 0 Å². The molecule has 0 atom stereocenters. The molecule has 1 heterocycles. The van der Waals surface area contributed by atoms with E-state index in [9.17, 15) is 0 Å². The maximum atomic E-state index is 5.47. The molecule has 0 fully saturated rings. The molecule has 0 saturated carbocycles. The van der Waals surface area contributed by atoms with Gasteiger partial charge in [0.05, 0.1) is 6.61 Å². The first-order valence-electron chi connectivity index (χ1n) is 4.97. The van der Waals surface area contributed by atoms with Crippen molar-refractivity contribution in [2.24, 2.45) is 0 Å². The smallest absolute Gasteiger partial charge is 0.294 e. The maximum Gasteiger partial charge on any atom is 0.294 e. The van der Waals surface area contributed by atoms with Crippen LogP contribution >= 0.6 is 11.3 Å². The van der Waals surface area contributed by atoms with Crippen molar-refractivity contribution in [3.05, 3.63) is 5.01 Å². The molecule has 5 nitrogen and oxygen atoms in total. The summed E-state index contributed by atoms with van der Waals surface area (Å²) in [7, 11) is 5.99. The van der Waals surface area contributed by atoms with Crippen LogP contribution in [0.1, 0.15) is 11.4 Å². The fraction of sp³-hybridized carbons (Fsp3) is 0.778. The lowest BCUT2D eigenvalue weighted by atomic mass is 10.4. The van der Waals surface area contributed by atoms with E-state index in [2.05, 4.69) is 34.5 Å². The van der Waals surface area contributed by atoms with Crippen LogP contribution in [0.4, 0.5) is 0 Å². The average Bonchev–Trinajstić information content (AvgIpc) is 2.61. The second-order valence-electron chi connectivity index (χ2n) is 3.50. The van der Waals surface area contributed by atoms with Gasteiger partial charge in [-0.05, 0) is 27.6 Å². The molecule has 15 heavy (non-hydrogen) atoms. The summed E-state index contributed by atoms with van der Waals surface area (Å²) in [5.74, 6) is 0. The molecule has 86 valence electrons. The SMILES string of the molecule is CNCc1nnc(OCCCN(C)C)s1. The van der Waals surface area contributed by atoms with Crippen LogP contribution in [0.5, 0.6) is 5.19 Å². The number of rotatable bonds is 7. The Morgan fingerprint density at radius 1 is 1.40 bits per heavy atom. The standard InChI is InChI=1S/C9H18N4OS/c1-10-7-8-11-12-9(15-8)14-6-4-5-13(2)3/h10H,4-7H2,1-3H3. The Kier molecular flexibility index (Phi) is 5.52. The van der Waals surface area contributed by atoms with E-state index in [0.717, 1.165) is 24.5 Å². The van der Waals surface area contributed by atoms with Gasteiger partial charge in [0, 0.05) is 13.1 Å². The Morgan fingerprint density at radius 3 is 2.87 bits per heavy atom. The van der Waals surface area contributed by atoms with E-state index in [0.29, 0.717) is 11.8 Å². The molecule has 1 aromatic heterocycles. The molecule has 0 unspecified atom stereocenters. The van der Waals surface area contributed by atoms with Crippen molar-refractivity contribution in [3.63, 3.8) is 0 Å². The Balaban J connectivity index is 2.19. The summed E-state index contributed by atoms with van der Waals surface area (Å²) in [5.41, 5.74) is 0. The lowest BCUT2D eigenvalue weighted by Crippen LogP contribution is -2.15. The average molecular weight is 230 g/mol. The number of nitrogens with one attached hydrogen (secondary N) is 1. The van der Waals surface area contributed by atoms with Crippen molar-refractivity contribution in [2.45, 2.75) is 13.0 Å². The van der Waals surface area contributed by atoms with Crippen molar-refractivity contribution in [1.29, 1.82) is 0 Å². The first-order valence-corrected chi connectivity index (χ1v) is 5.78. The third kappa shape index (κ3) is 5.06. The molecule has 0 bridgehead atoms. The molecule has 0 spiro atoms. The summed E-state index contributed by atoms with van der Waals surface area (Å²) < 4.78 is 5.47. The minimum absolute atomic E-state index is 0.666. The first-order chi connectivity index (χ1) is 7.22. The van der Waals surface area contributed by atoms with Crippen molar-refractivity contribution in [2.75, 3.05) is 34.3 Å². The molecule has 0 aliphatic heterocycles. The molecule has 0 amide bonds. The molecule has 0 aromatic carbocycles. The van der Waals surface area contributed by atoms with Gasteiger partial charge in [-0.1, -0.05) is 11.3 Å². The fourth-order valence-corrected chi connectivity index (χ4v) is 1.78. The minimum atomic E-state index is 0.666. The van der Waals surface area contributed by atoms with Gasteiger partial charge in [-0.3, -0.25) is 0 Å². The number of nitrogens with zero attached hydrogens (tertiary/aromatic N) is 3. The summed E-state index contributed by atoms with van der Waals surface area (Å²) >= 11 is 1.50. The van der Waals surface area contributed by atoms with Crippen LogP contribution in [0.2, 0.25) is 0 Å². The van der Waals surface area contributed by atoms with Gasteiger partial charge in [0.25, 0.3) is 5.19 Å². The van der Waals surface area contributed by atoms with Crippen LogP contribution in [0.15, 0.2) is 0 Å². The third-order valence-corrected chi connectivity index (χ3v) is 2.59. The molecule has 1 aromatic rings. The zero-order valence-corrected chi connectivity index (χ0v) is 10.3. The molecule has 0 saturated heterocycles. The van der Waals surface area contributed by atoms with E-state index < -0.39 is 0 Å². The summed E-state index contributed by atoms with van der Waals surface area (Å²) in [6, 6.07) is 0. The maximum absolute atomic E-state index is 5.47. The van der Waals surface area contributed by atoms with E-state index in [1.54, 1.807) is 0 Å². The van der Waals surface area contributed by atoms with E-state index in [-0.39, 0.29) is 0 Å².